The summed E-state index contributed by atoms with van der Waals surface area (Å²) in [4.78, 5) is 2.43. The van der Waals surface area contributed by atoms with Crippen molar-refractivity contribution in [3.8, 4) is 11.4 Å². The van der Waals surface area contributed by atoms with Crippen molar-refractivity contribution < 1.29 is 9.47 Å². The first-order chi connectivity index (χ1) is 13.9. The Bertz CT molecular complexity index is 851. The van der Waals surface area contributed by atoms with E-state index < -0.39 is 0 Å². The van der Waals surface area contributed by atoms with Crippen LogP contribution in [-0.4, -0.2) is 58.3 Å². The van der Waals surface area contributed by atoms with Crippen LogP contribution in [0, 0.1) is 0 Å². The normalized spacial score (nSPS) is 14.9. The van der Waals surface area contributed by atoms with Crippen molar-refractivity contribution in [2.24, 2.45) is 0 Å². The molecule has 3 aromatic rings. The van der Waals surface area contributed by atoms with Crippen LogP contribution in [-0.2, 0) is 11.3 Å². The highest BCUT2D eigenvalue weighted by molar-refractivity contribution is 7.99. The molecule has 4 rings (SSSR count). The summed E-state index contributed by atoms with van der Waals surface area (Å²) in [5, 5.41) is 9.74. The van der Waals surface area contributed by atoms with Gasteiger partial charge in [-0.25, -0.2) is 0 Å². The molecule has 28 heavy (non-hydrogen) atoms. The zero-order valence-corrected chi connectivity index (χ0v) is 16.6. The number of para-hydroxylation sites is 2. The van der Waals surface area contributed by atoms with Gasteiger partial charge in [-0.1, -0.05) is 48.2 Å². The number of hydrogen-bond acceptors (Lipinski definition) is 6. The molecule has 1 aliphatic heterocycles. The van der Waals surface area contributed by atoms with Crippen molar-refractivity contribution in [1.29, 1.82) is 0 Å². The molecule has 0 spiro atoms. The SMILES string of the molecule is c1ccc(OCc2nnc(SCCN3CCOCC3)n2-c2ccccc2)cc1. The van der Waals surface area contributed by atoms with Crippen LogP contribution in [0.5, 0.6) is 5.75 Å². The summed E-state index contributed by atoms with van der Waals surface area (Å²) in [5.41, 5.74) is 1.05. The molecular weight excluding hydrogens is 372 g/mol. The molecule has 0 saturated carbocycles. The Morgan fingerprint density at radius 2 is 1.64 bits per heavy atom. The monoisotopic (exact) mass is 396 g/mol. The maximum atomic E-state index is 5.91. The minimum Gasteiger partial charge on any atom is -0.486 e. The summed E-state index contributed by atoms with van der Waals surface area (Å²) >= 11 is 1.73. The molecule has 0 N–H and O–H groups in total. The van der Waals surface area contributed by atoms with Crippen molar-refractivity contribution in [1.82, 2.24) is 19.7 Å². The highest BCUT2D eigenvalue weighted by atomic mass is 32.2. The number of aromatic nitrogens is 3. The van der Waals surface area contributed by atoms with Crippen LogP contribution in [0.25, 0.3) is 5.69 Å². The van der Waals surface area contributed by atoms with E-state index in [0.717, 1.165) is 61.0 Å². The van der Waals surface area contributed by atoms with Gasteiger partial charge in [-0.05, 0) is 24.3 Å². The van der Waals surface area contributed by atoms with Crippen LogP contribution in [0.3, 0.4) is 0 Å². The third kappa shape index (κ3) is 4.92. The van der Waals surface area contributed by atoms with Gasteiger partial charge in [-0.2, -0.15) is 0 Å². The Kier molecular flexibility index (Phi) is 6.60. The number of thioether (sulfide) groups is 1. The van der Waals surface area contributed by atoms with Gasteiger partial charge in [0.2, 0.25) is 0 Å². The first-order valence-electron chi connectivity index (χ1n) is 9.50. The minimum absolute atomic E-state index is 0.371. The lowest BCUT2D eigenvalue weighted by Gasteiger charge is -2.26. The lowest BCUT2D eigenvalue weighted by atomic mass is 10.3. The van der Waals surface area contributed by atoms with Gasteiger partial charge in [0.25, 0.3) is 0 Å². The largest absolute Gasteiger partial charge is 0.486 e. The number of nitrogens with zero attached hydrogens (tertiary/aromatic N) is 4. The number of rotatable bonds is 8. The molecule has 146 valence electrons. The zero-order valence-electron chi connectivity index (χ0n) is 15.7. The fourth-order valence-corrected chi connectivity index (χ4v) is 4.05. The molecule has 1 aromatic heterocycles. The number of morpholine rings is 1. The predicted molar refractivity (Wildman–Crippen MR) is 110 cm³/mol. The van der Waals surface area contributed by atoms with E-state index in [9.17, 15) is 0 Å². The van der Waals surface area contributed by atoms with Crippen LogP contribution < -0.4 is 4.74 Å². The summed E-state index contributed by atoms with van der Waals surface area (Å²) in [7, 11) is 0. The van der Waals surface area contributed by atoms with Gasteiger partial charge < -0.3 is 9.47 Å². The Labute approximate surface area is 169 Å². The first-order valence-corrected chi connectivity index (χ1v) is 10.5. The van der Waals surface area contributed by atoms with Gasteiger partial charge in [0.05, 0.1) is 13.2 Å². The minimum atomic E-state index is 0.371. The summed E-state index contributed by atoms with van der Waals surface area (Å²) in [6, 6.07) is 20.0. The fourth-order valence-electron chi connectivity index (χ4n) is 3.08. The van der Waals surface area contributed by atoms with E-state index in [4.69, 9.17) is 9.47 Å². The molecule has 7 heteroatoms. The summed E-state index contributed by atoms with van der Waals surface area (Å²) < 4.78 is 13.4. The maximum absolute atomic E-state index is 5.91. The molecule has 1 saturated heterocycles. The van der Waals surface area contributed by atoms with Gasteiger partial charge in [0.15, 0.2) is 11.0 Å². The number of benzene rings is 2. The standard InChI is InChI=1S/C21H24N4O2S/c1-3-7-18(8-4-1)25-20(17-27-19-9-5-2-6-10-19)22-23-21(25)28-16-13-24-11-14-26-15-12-24/h1-10H,11-17H2. The Balaban J connectivity index is 1.46. The third-order valence-electron chi connectivity index (χ3n) is 4.57. The van der Waals surface area contributed by atoms with Gasteiger partial charge in [-0.15, -0.1) is 10.2 Å². The van der Waals surface area contributed by atoms with Crippen molar-refractivity contribution >= 4 is 11.8 Å². The first kappa shape index (κ1) is 19.0. The maximum Gasteiger partial charge on any atom is 0.195 e. The fraction of sp³-hybridized carbons (Fsp3) is 0.333. The molecule has 2 aromatic carbocycles. The van der Waals surface area contributed by atoms with Crippen LogP contribution in [0.15, 0.2) is 65.8 Å². The number of hydrogen-bond donors (Lipinski definition) is 0. The quantitative estimate of drug-likeness (QED) is 0.545. The molecule has 1 fully saturated rings. The zero-order chi connectivity index (χ0) is 19.0. The molecule has 0 bridgehead atoms. The predicted octanol–water partition coefficient (Wildman–Crippen LogP) is 3.27. The van der Waals surface area contributed by atoms with Crippen molar-refractivity contribution in [3.63, 3.8) is 0 Å². The van der Waals surface area contributed by atoms with Crippen molar-refractivity contribution in [2.75, 3.05) is 38.6 Å². The highest BCUT2D eigenvalue weighted by Gasteiger charge is 2.16. The van der Waals surface area contributed by atoms with Gasteiger partial charge in [-0.3, -0.25) is 9.47 Å². The van der Waals surface area contributed by atoms with Crippen LogP contribution in [0.1, 0.15) is 5.82 Å². The topological polar surface area (TPSA) is 52.4 Å². The molecule has 0 unspecified atom stereocenters. The van der Waals surface area contributed by atoms with E-state index in [1.54, 1.807) is 11.8 Å². The Hall–Kier alpha value is -2.35. The second-order valence-corrected chi connectivity index (χ2v) is 7.54. The van der Waals surface area contributed by atoms with E-state index >= 15 is 0 Å². The second kappa shape index (κ2) is 9.73. The molecular formula is C21H24N4O2S. The summed E-state index contributed by atoms with van der Waals surface area (Å²) in [5.74, 6) is 2.58. The molecule has 0 amide bonds. The van der Waals surface area contributed by atoms with Crippen molar-refractivity contribution in [2.45, 2.75) is 11.8 Å². The average Bonchev–Trinajstić information content (AvgIpc) is 3.17. The lowest BCUT2D eigenvalue weighted by molar-refractivity contribution is 0.0410. The lowest BCUT2D eigenvalue weighted by Crippen LogP contribution is -2.37. The van der Waals surface area contributed by atoms with Crippen LogP contribution in [0.2, 0.25) is 0 Å². The average molecular weight is 397 g/mol. The molecule has 0 aliphatic carbocycles. The second-order valence-electron chi connectivity index (χ2n) is 6.47. The van der Waals surface area contributed by atoms with E-state index in [1.165, 1.54) is 0 Å². The molecule has 0 atom stereocenters. The molecule has 6 nitrogen and oxygen atoms in total. The summed E-state index contributed by atoms with van der Waals surface area (Å²) in [6.45, 7) is 5.04. The number of ether oxygens (including phenoxy) is 2. The van der Waals surface area contributed by atoms with Crippen molar-refractivity contribution in [3.05, 3.63) is 66.5 Å². The smallest absolute Gasteiger partial charge is 0.195 e. The van der Waals surface area contributed by atoms with Crippen LogP contribution >= 0.6 is 11.8 Å². The molecule has 0 radical (unpaired) electrons. The van der Waals surface area contributed by atoms with Gasteiger partial charge >= 0.3 is 0 Å². The van der Waals surface area contributed by atoms with E-state index in [-0.39, 0.29) is 0 Å². The van der Waals surface area contributed by atoms with E-state index in [1.807, 2.05) is 48.5 Å². The van der Waals surface area contributed by atoms with Gasteiger partial charge in [0, 0.05) is 31.1 Å². The Morgan fingerprint density at radius 3 is 2.39 bits per heavy atom. The molecule has 1 aliphatic rings. The Morgan fingerprint density at radius 1 is 0.929 bits per heavy atom. The summed E-state index contributed by atoms with van der Waals surface area (Å²) in [6.07, 6.45) is 0. The van der Waals surface area contributed by atoms with E-state index in [2.05, 4.69) is 31.8 Å². The van der Waals surface area contributed by atoms with Gasteiger partial charge in [0.1, 0.15) is 12.4 Å². The molecule has 2 heterocycles. The third-order valence-corrected chi connectivity index (χ3v) is 5.48. The van der Waals surface area contributed by atoms with Crippen LogP contribution in [0.4, 0.5) is 0 Å². The van der Waals surface area contributed by atoms with E-state index in [0.29, 0.717) is 6.61 Å². The highest BCUT2D eigenvalue weighted by Crippen LogP contribution is 2.23.